The Hall–Kier alpha value is -4.65. The van der Waals surface area contributed by atoms with Gasteiger partial charge in [0.1, 0.15) is 30.0 Å². The molecule has 2 heterocycles. The highest BCUT2D eigenvalue weighted by Gasteiger charge is 2.19. The minimum absolute atomic E-state index is 0.287. The molecule has 10 heteroatoms. The average Bonchev–Trinajstić information content (AvgIpc) is 2.93. The van der Waals surface area contributed by atoms with Crippen LogP contribution in [0.3, 0.4) is 0 Å². The zero-order valence-electron chi connectivity index (χ0n) is 22.4. The number of hydrogen-bond donors (Lipinski definition) is 2. The molecule has 0 bridgehead atoms. The molecule has 0 aliphatic rings. The summed E-state index contributed by atoms with van der Waals surface area (Å²) in [5.74, 6) is 0.965. The van der Waals surface area contributed by atoms with E-state index in [0.29, 0.717) is 45.7 Å². The van der Waals surface area contributed by atoms with Crippen LogP contribution in [-0.2, 0) is 11.4 Å². The molecule has 0 radical (unpaired) electrons. The Morgan fingerprint density at radius 3 is 2.65 bits per heavy atom. The zero-order valence-corrected chi connectivity index (χ0v) is 23.1. The van der Waals surface area contributed by atoms with Crippen molar-refractivity contribution >= 4 is 39.9 Å². The predicted molar refractivity (Wildman–Crippen MR) is 156 cm³/mol. The van der Waals surface area contributed by atoms with Crippen molar-refractivity contribution < 1.29 is 14.3 Å². The van der Waals surface area contributed by atoms with Crippen molar-refractivity contribution in [3.63, 3.8) is 0 Å². The molecule has 0 saturated heterocycles. The van der Waals surface area contributed by atoms with E-state index in [4.69, 9.17) is 31.8 Å². The summed E-state index contributed by atoms with van der Waals surface area (Å²) in [6.45, 7) is 2.62. The van der Waals surface area contributed by atoms with E-state index in [1.807, 2.05) is 56.3 Å². The number of nitrogens with two attached hydrogens (primary N) is 1. The minimum atomic E-state index is -0.539. The lowest BCUT2D eigenvalue weighted by Gasteiger charge is -2.24. The van der Waals surface area contributed by atoms with Gasteiger partial charge in [0.25, 0.3) is 0 Å². The second kappa shape index (κ2) is 12.9. The molecule has 1 atom stereocenters. The number of likely N-dealkylation sites (N-methyl/N-ethyl adjacent to an activating group) is 1. The number of fused-ring (bicyclic) bond motifs is 1. The van der Waals surface area contributed by atoms with Crippen LogP contribution in [0.15, 0.2) is 72.9 Å². The third-order valence-electron chi connectivity index (χ3n) is 5.98. The van der Waals surface area contributed by atoms with E-state index in [1.54, 1.807) is 36.5 Å². The zero-order chi connectivity index (χ0) is 28.6. The Balaban J connectivity index is 1.66. The fourth-order valence-electron chi connectivity index (χ4n) is 4.12. The second-order valence-electron chi connectivity index (χ2n) is 9.06. The Morgan fingerprint density at radius 1 is 1.18 bits per heavy atom. The molecule has 40 heavy (non-hydrogen) atoms. The van der Waals surface area contributed by atoms with Crippen molar-refractivity contribution in [1.29, 1.82) is 5.26 Å². The van der Waals surface area contributed by atoms with Crippen molar-refractivity contribution in [2.45, 2.75) is 19.6 Å². The van der Waals surface area contributed by atoms with Gasteiger partial charge in [-0.3, -0.25) is 14.7 Å². The maximum absolute atomic E-state index is 11.4. The fourth-order valence-corrected chi connectivity index (χ4v) is 4.36. The van der Waals surface area contributed by atoms with Crippen LogP contribution in [0.25, 0.3) is 10.9 Å². The number of carbonyl (C=O) groups is 1. The Morgan fingerprint density at radius 2 is 2.00 bits per heavy atom. The van der Waals surface area contributed by atoms with E-state index in [1.165, 1.54) is 6.08 Å². The number of anilines is 2. The average molecular weight is 557 g/mol. The topological polar surface area (TPSA) is 126 Å². The first-order chi connectivity index (χ1) is 19.3. The van der Waals surface area contributed by atoms with Gasteiger partial charge in [0.15, 0.2) is 0 Å². The molecule has 3 N–H and O–H groups in total. The van der Waals surface area contributed by atoms with Crippen molar-refractivity contribution in [2.24, 2.45) is 5.73 Å². The quantitative estimate of drug-likeness (QED) is 0.231. The number of rotatable bonds is 11. The van der Waals surface area contributed by atoms with Crippen molar-refractivity contribution in [3.05, 3.63) is 94.8 Å². The molecule has 4 rings (SSSR count). The molecular formula is C30H29ClN6O3. The molecular weight excluding hydrogens is 528 g/mol. The normalized spacial score (nSPS) is 11.9. The third-order valence-corrected chi connectivity index (χ3v) is 6.28. The lowest BCUT2D eigenvalue weighted by Crippen LogP contribution is -2.20. The molecule has 4 aromatic rings. The van der Waals surface area contributed by atoms with Gasteiger partial charge < -0.3 is 20.5 Å². The van der Waals surface area contributed by atoms with Gasteiger partial charge in [-0.1, -0.05) is 23.7 Å². The second-order valence-corrected chi connectivity index (χ2v) is 9.47. The number of pyridine rings is 2. The van der Waals surface area contributed by atoms with Gasteiger partial charge in [-0.15, -0.1) is 0 Å². The van der Waals surface area contributed by atoms with Crippen LogP contribution in [0.2, 0.25) is 5.02 Å². The van der Waals surface area contributed by atoms with Gasteiger partial charge in [0.05, 0.1) is 34.4 Å². The van der Waals surface area contributed by atoms with Gasteiger partial charge in [0.2, 0.25) is 5.91 Å². The van der Waals surface area contributed by atoms with E-state index >= 15 is 0 Å². The molecule has 204 valence electrons. The van der Waals surface area contributed by atoms with Crippen LogP contribution in [0.4, 0.5) is 11.5 Å². The summed E-state index contributed by atoms with van der Waals surface area (Å²) < 4.78 is 11.8. The first-order valence-corrected chi connectivity index (χ1v) is 12.9. The van der Waals surface area contributed by atoms with E-state index < -0.39 is 5.91 Å². The highest BCUT2D eigenvalue weighted by atomic mass is 35.5. The lowest BCUT2D eigenvalue weighted by atomic mass is 10.00. The third kappa shape index (κ3) is 6.86. The molecule has 1 unspecified atom stereocenters. The SMILES string of the molecule is CCOc1cc2nc(Nc3ccc(OCc4ccccn4)c(Cl)c3)c(C#N)cc2cc1C(C=CC(N)=O)N(C)C. The number of nitriles is 1. The number of amides is 1. The van der Waals surface area contributed by atoms with Crippen molar-refractivity contribution in [3.8, 4) is 17.6 Å². The lowest BCUT2D eigenvalue weighted by molar-refractivity contribution is -0.113. The molecule has 0 aliphatic heterocycles. The Bertz CT molecular complexity index is 1580. The van der Waals surface area contributed by atoms with Gasteiger partial charge in [-0.2, -0.15) is 5.26 Å². The highest BCUT2D eigenvalue weighted by molar-refractivity contribution is 6.32. The summed E-state index contributed by atoms with van der Waals surface area (Å²) in [6.07, 6.45) is 4.75. The highest BCUT2D eigenvalue weighted by Crippen LogP contribution is 2.35. The van der Waals surface area contributed by atoms with Crippen LogP contribution >= 0.6 is 11.6 Å². The molecule has 0 aliphatic carbocycles. The number of nitrogens with one attached hydrogen (secondary N) is 1. The number of nitrogens with zero attached hydrogens (tertiary/aromatic N) is 4. The van der Waals surface area contributed by atoms with E-state index in [-0.39, 0.29) is 12.6 Å². The number of aromatic nitrogens is 2. The van der Waals surface area contributed by atoms with Crippen molar-refractivity contribution in [2.75, 3.05) is 26.0 Å². The number of hydrogen-bond acceptors (Lipinski definition) is 8. The first kappa shape index (κ1) is 28.4. The molecule has 0 spiro atoms. The number of ether oxygens (including phenoxy) is 2. The number of carbonyl (C=O) groups excluding carboxylic acids is 1. The Labute approximate surface area is 237 Å². The summed E-state index contributed by atoms with van der Waals surface area (Å²) in [5, 5.41) is 14.3. The van der Waals surface area contributed by atoms with E-state index in [0.717, 1.165) is 16.6 Å². The molecule has 9 nitrogen and oxygen atoms in total. The van der Waals surface area contributed by atoms with E-state index in [9.17, 15) is 10.1 Å². The predicted octanol–water partition coefficient (Wildman–Crippen LogP) is 5.52. The summed E-state index contributed by atoms with van der Waals surface area (Å²) in [6, 6.07) is 18.3. The number of halogens is 1. The van der Waals surface area contributed by atoms with Crippen LogP contribution in [-0.4, -0.2) is 41.5 Å². The smallest absolute Gasteiger partial charge is 0.241 e. The van der Waals surface area contributed by atoms with Gasteiger partial charge in [-0.25, -0.2) is 4.98 Å². The largest absolute Gasteiger partial charge is 0.493 e. The summed E-state index contributed by atoms with van der Waals surface area (Å²) in [4.78, 5) is 22.3. The van der Waals surface area contributed by atoms with Crippen LogP contribution in [0.1, 0.15) is 29.8 Å². The van der Waals surface area contributed by atoms with Crippen LogP contribution in [0.5, 0.6) is 11.5 Å². The molecule has 2 aromatic carbocycles. The summed E-state index contributed by atoms with van der Waals surface area (Å²) in [5.41, 5.74) is 8.56. The van der Waals surface area contributed by atoms with Crippen LogP contribution < -0.4 is 20.5 Å². The van der Waals surface area contributed by atoms with Gasteiger partial charge >= 0.3 is 0 Å². The standard InChI is InChI=1S/C30H29ClN6O3/c1-4-39-28-16-25-19(14-23(28)26(37(2)3)9-11-29(33)38)13-20(17-32)30(36-25)35-21-8-10-27(24(31)15-21)40-18-22-7-5-6-12-34-22/h5-16,26H,4,18H2,1-3H3,(H2,33,38)(H,35,36). The maximum Gasteiger partial charge on any atom is 0.241 e. The Kier molecular flexibility index (Phi) is 9.17. The molecule has 2 aromatic heterocycles. The number of primary amides is 1. The molecule has 0 fully saturated rings. The van der Waals surface area contributed by atoms with E-state index in [2.05, 4.69) is 16.4 Å². The number of benzene rings is 2. The first-order valence-electron chi connectivity index (χ1n) is 12.5. The van der Waals surface area contributed by atoms with Gasteiger partial charge in [-0.05, 0) is 63.5 Å². The summed E-state index contributed by atoms with van der Waals surface area (Å²) in [7, 11) is 3.78. The molecule has 1 amide bonds. The minimum Gasteiger partial charge on any atom is -0.493 e. The maximum atomic E-state index is 11.4. The summed E-state index contributed by atoms with van der Waals surface area (Å²) >= 11 is 6.48. The van der Waals surface area contributed by atoms with Crippen LogP contribution in [0, 0.1) is 11.3 Å². The van der Waals surface area contributed by atoms with Crippen molar-refractivity contribution in [1.82, 2.24) is 14.9 Å². The monoisotopic (exact) mass is 556 g/mol. The van der Waals surface area contributed by atoms with Gasteiger partial charge in [0, 0.05) is 35.0 Å². The fraction of sp³-hybridized carbons (Fsp3) is 0.200. The molecule has 0 saturated carbocycles.